The number of carboxylic acids is 1. The molecule has 0 heterocycles. The molecule has 2 aromatic rings. The Morgan fingerprint density at radius 2 is 1.80 bits per heavy atom. The first-order valence-corrected chi connectivity index (χ1v) is 11.3. The van der Waals surface area contributed by atoms with Crippen molar-refractivity contribution in [3.05, 3.63) is 71.8 Å². The number of nitrogens with one attached hydrogen (secondary N) is 1. The Morgan fingerprint density at radius 1 is 1.09 bits per heavy atom. The summed E-state index contributed by atoms with van der Waals surface area (Å²) in [6.07, 6.45) is 1.07. The fourth-order valence-electron chi connectivity index (χ4n) is 3.37. The molecule has 2 aromatic carbocycles. The second kappa shape index (κ2) is 14.5. The van der Waals surface area contributed by atoms with Crippen molar-refractivity contribution in [2.45, 2.75) is 38.9 Å². The molecule has 0 aromatic heterocycles. The van der Waals surface area contributed by atoms with Crippen LogP contribution < -0.4 is 10.1 Å². The Morgan fingerprint density at radius 3 is 2.43 bits per heavy atom. The van der Waals surface area contributed by atoms with Crippen molar-refractivity contribution in [2.24, 2.45) is 0 Å². The average Bonchev–Trinajstić information content (AvgIpc) is 2.83. The first-order valence-electron chi connectivity index (χ1n) is 11.3. The van der Waals surface area contributed by atoms with Crippen molar-refractivity contribution >= 4 is 23.5 Å². The minimum absolute atomic E-state index is 0.0546. The maximum absolute atomic E-state index is 12.8. The van der Waals surface area contributed by atoms with Crippen molar-refractivity contribution in [3.63, 3.8) is 0 Å². The number of carboxylic acid groups (broad SMARTS) is 1. The van der Waals surface area contributed by atoms with E-state index in [-0.39, 0.29) is 19.0 Å². The molecule has 0 spiro atoms. The summed E-state index contributed by atoms with van der Waals surface area (Å²) in [7, 11) is 0. The highest BCUT2D eigenvalue weighted by atomic mass is 16.6. The van der Waals surface area contributed by atoms with E-state index in [1.165, 1.54) is 13.0 Å². The third-order valence-corrected chi connectivity index (χ3v) is 4.94. The van der Waals surface area contributed by atoms with E-state index in [1.807, 2.05) is 6.92 Å². The predicted molar refractivity (Wildman–Crippen MR) is 130 cm³/mol. The van der Waals surface area contributed by atoms with Crippen molar-refractivity contribution in [3.8, 4) is 5.75 Å². The number of ketones is 1. The van der Waals surface area contributed by atoms with Crippen LogP contribution in [0.5, 0.6) is 5.75 Å². The molecular formula is C26H31NO8. The molecule has 2 rings (SSSR count). The Bertz CT molecular complexity index is 1000. The fraction of sp³-hybridized carbons (Fsp3) is 0.346. The molecule has 0 aliphatic heterocycles. The first-order chi connectivity index (χ1) is 16.8. The van der Waals surface area contributed by atoms with E-state index in [9.17, 15) is 19.5 Å². The molecule has 0 saturated heterocycles. The first kappa shape index (κ1) is 27.6. The van der Waals surface area contributed by atoms with Crippen molar-refractivity contribution in [2.75, 3.05) is 25.1 Å². The number of allylic oxidation sites excluding steroid dienone is 1. The standard InChI is InChI=1S/C26H31NO8/c1-3-33-23(10-6-7-11-24(30)31)25(21-8-4-5-9-22(21)34-17-16-28)35-26(32)27-20-14-12-19(13-15-20)18(2)29/h4-5,7-9,11-15,23,25,28H,3,6,10,16-17H2,1-2H3,(H,27,32)(H,30,31)/b11-7+/t23-,25-/m1/s1. The lowest BCUT2D eigenvalue weighted by Gasteiger charge is -2.28. The normalized spacial score (nSPS) is 12.7. The van der Waals surface area contributed by atoms with Gasteiger partial charge >= 0.3 is 12.1 Å². The fourth-order valence-corrected chi connectivity index (χ4v) is 3.37. The summed E-state index contributed by atoms with van der Waals surface area (Å²) in [5.41, 5.74) is 1.51. The number of amides is 1. The number of aliphatic hydroxyl groups excluding tert-OH is 1. The number of Topliss-reactive ketones (excluding diaryl/α,β-unsaturated/α-hetero) is 1. The molecule has 2 atom stereocenters. The summed E-state index contributed by atoms with van der Waals surface area (Å²) in [5.74, 6) is -0.713. The molecule has 0 saturated carbocycles. The molecule has 0 aliphatic rings. The Kier molecular flexibility index (Phi) is 11.5. The third-order valence-electron chi connectivity index (χ3n) is 4.94. The van der Waals surface area contributed by atoms with E-state index in [2.05, 4.69) is 5.32 Å². The molecule has 35 heavy (non-hydrogen) atoms. The van der Waals surface area contributed by atoms with Gasteiger partial charge in [-0.05, 0) is 57.0 Å². The number of ether oxygens (including phenoxy) is 3. The van der Waals surface area contributed by atoms with Gasteiger partial charge in [0.2, 0.25) is 0 Å². The lowest BCUT2D eigenvalue weighted by atomic mass is 9.99. The summed E-state index contributed by atoms with van der Waals surface area (Å²) in [5, 5.41) is 20.7. The number of anilines is 1. The Hall–Kier alpha value is -3.69. The van der Waals surface area contributed by atoms with Crippen LogP contribution in [-0.2, 0) is 14.3 Å². The van der Waals surface area contributed by atoms with Crippen molar-refractivity contribution in [1.82, 2.24) is 0 Å². The quantitative estimate of drug-likeness (QED) is 0.265. The van der Waals surface area contributed by atoms with E-state index in [4.69, 9.17) is 19.3 Å². The van der Waals surface area contributed by atoms with Gasteiger partial charge in [-0.3, -0.25) is 10.1 Å². The van der Waals surface area contributed by atoms with E-state index >= 15 is 0 Å². The molecule has 3 N–H and O–H groups in total. The number of hydrogen-bond acceptors (Lipinski definition) is 7. The topological polar surface area (TPSA) is 131 Å². The number of rotatable bonds is 14. The van der Waals surface area contributed by atoms with Gasteiger partial charge in [0, 0.05) is 29.5 Å². The number of carbonyl (C=O) groups excluding carboxylic acids is 2. The second-order valence-corrected chi connectivity index (χ2v) is 7.51. The van der Waals surface area contributed by atoms with E-state index in [0.717, 1.165) is 6.08 Å². The molecule has 0 radical (unpaired) electrons. The van der Waals surface area contributed by atoms with Gasteiger partial charge in [0.25, 0.3) is 0 Å². The lowest BCUT2D eigenvalue weighted by molar-refractivity contribution is -0.131. The van der Waals surface area contributed by atoms with Crippen LogP contribution in [0.25, 0.3) is 0 Å². The van der Waals surface area contributed by atoms with E-state index in [0.29, 0.717) is 42.0 Å². The van der Waals surface area contributed by atoms with Gasteiger partial charge in [0.15, 0.2) is 11.9 Å². The molecule has 0 unspecified atom stereocenters. The van der Waals surface area contributed by atoms with Crippen LogP contribution in [-0.4, -0.2) is 54.0 Å². The third kappa shape index (κ3) is 9.23. The van der Waals surface area contributed by atoms with Gasteiger partial charge < -0.3 is 24.4 Å². The predicted octanol–water partition coefficient (Wildman–Crippen LogP) is 4.38. The van der Waals surface area contributed by atoms with Gasteiger partial charge in [-0.25, -0.2) is 9.59 Å². The van der Waals surface area contributed by atoms with Crippen LogP contribution in [0.1, 0.15) is 48.7 Å². The molecule has 0 aliphatic carbocycles. The van der Waals surface area contributed by atoms with Crippen LogP contribution in [0.15, 0.2) is 60.7 Å². The number of aliphatic hydroxyl groups is 1. The summed E-state index contributed by atoms with van der Waals surface area (Å²) in [6, 6.07) is 13.4. The minimum Gasteiger partial charge on any atom is -0.491 e. The molecule has 9 nitrogen and oxygen atoms in total. The zero-order valence-electron chi connectivity index (χ0n) is 19.8. The minimum atomic E-state index is -1.05. The van der Waals surface area contributed by atoms with Gasteiger partial charge in [0.1, 0.15) is 12.4 Å². The van der Waals surface area contributed by atoms with Crippen LogP contribution >= 0.6 is 0 Å². The number of benzene rings is 2. The van der Waals surface area contributed by atoms with Crippen LogP contribution in [0, 0.1) is 0 Å². The smallest absolute Gasteiger partial charge is 0.412 e. The van der Waals surface area contributed by atoms with Crippen LogP contribution in [0.2, 0.25) is 0 Å². The Balaban J connectivity index is 2.30. The largest absolute Gasteiger partial charge is 0.491 e. The number of hydrogen-bond donors (Lipinski definition) is 3. The summed E-state index contributed by atoms with van der Waals surface area (Å²) in [4.78, 5) is 35.1. The van der Waals surface area contributed by atoms with Gasteiger partial charge in [-0.2, -0.15) is 0 Å². The highest BCUT2D eigenvalue weighted by Crippen LogP contribution is 2.34. The molecule has 188 valence electrons. The summed E-state index contributed by atoms with van der Waals surface area (Å²) in [6.45, 7) is 3.46. The molecule has 0 fully saturated rings. The van der Waals surface area contributed by atoms with Gasteiger partial charge in [-0.1, -0.05) is 24.3 Å². The molecular weight excluding hydrogens is 454 g/mol. The highest BCUT2D eigenvalue weighted by molar-refractivity contribution is 5.95. The monoisotopic (exact) mass is 485 g/mol. The van der Waals surface area contributed by atoms with E-state index in [1.54, 1.807) is 48.5 Å². The zero-order valence-corrected chi connectivity index (χ0v) is 19.8. The van der Waals surface area contributed by atoms with Gasteiger partial charge in [0.05, 0.1) is 12.7 Å². The summed E-state index contributed by atoms with van der Waals surface area (Å²) >= 11 is 0. The molecule has 0 bridgehead atoms. The molecule has 9 heteroatoms. The lowest BCUT2D eigenvalue weighted by Crippen LogP contribution is -2.29. The second-order valence-electron chi connectivity index (χ2n) is 7.51. The van der Waals surface area contributed by atoms with Crippen molar-refractivity contribution < 1.29 is 38.8 Å². The van der Waals surface area contributed by atoms with Gasteiger partial charge in [-0.15, -0.1) is 0 Å². The van der Waals surface area contributed by atoms with E-state index < -0.39 is 24.3 Å². The number of aliphatic carboxylic acids is 1. The zero-order chi connectivity index (χ0) is 25.6. The Labute approximate surface area is 204 Å². The molecule has 1 amide bonds. The van der Waals surface area contributed by atoms with Crippen LogP contribution in [0.3, 0.4) is 0 Å². The summed E-state index contributed by atoms with van der Waals surface area (Å²) < 4.78 is 17.3. The highest BCUT2D eigenvalue weighted by Gasteiger charge is 2.30. The maximum atomic E-state index is 12.8. The SMILES string of the molecule is CCO[C@H](CC/C=C/C(=O)O)[C@H](OC(=O)Nc1ccc(C(C)=O)cc1)c1ccccc1OCCO. The van der Waals surface area contributed by atoms with Crippen LogP contribution in [0.4, 0.5) is 10.5 Å². The number of carbonyl (C=O) groups is 3. The number of para-hydroxylation sites is 1. The average molecular weight is 486 g/mol. The maximum Gasteiger partial charge on any atom is 0.412 e. The van der Waals surface area contributed by atoms with Crippen molar-refractivity contribution in [1.29, 1.82) is 0 Å².